The number of benzene rings is 2. The Kier molecular flexibility index (Phi) is 6.14. The van der Waals surface area contributed by atoms with E-state index >= 15 is 0 Å². The minimum absolute atomic E-state index is 0.0854. The number of thioether (sulfide) groups is 1. The lowest BCUT2D eigenvalue weighted by atomic mass is 10.0. The number of amides is 1. The number of anilines is 1. The zero-order valence-electron chi connectivity index (χ0n) is 16.8. The average molecular weight is 396 g/mol. The van der Waals surface area contributed by atoms with Crippen LogP contribution in [0.25, 0.3) is 5.69 Å². The van der Waals surface area contributed by atoms with Crippen molar-refractivity contribution in [2.75, 3.05) is 5.32 Å². The third kappa shape index (κ3) is 4.59. The van der Waals surface area contributed by atoms with Crippen LogP contribution in [-0.2, 0) is 4.79 Å². The second-order valence-corrected chi connectivity index (χ2v) is 8.50. The SMILES string of the molecule is Cc1ccc(C)c(-n2nnnc2S[C@@H](C)C(=O)Nc2ccc(C(C)C)cc2)c1. The summed E-state index contributed by atoms with van der Waals surface area (Å²) in [5, 5.41) is 15.2. The molecule has 0 aliphatic rings. The van der Waals surface area contributed by atoms with Crippen LogP contribution in [0, 0.1) is 13.8 Å². The number of nitrogens with one attached hydrogen (secondary N) is 1. The maximum absolute atomic E-state index is 12.6. The molecule has 0 saturated heterocycles. The van der Waals surface area contributed by atoms with Crippen molar-refractivity contribution < 1.29 is 4.79 Å². The summed E-state index contributed by atoms with van der Waals surface area (Å²) in [6, 6.07) is 14.1. The van der Waals surface area contributed by atoms with Gasteiger partial charge in [0, 0.05) is 5.69 Å². The highest BCUT2D eigenvalue weighted by atomic mass is 32.2. The van der Waals surface area contributed by atoms with E-state index in [1.54, 1.807) is 4.68 Å². The largest absolute Gasteiger partial charge is 0.325 e. The Hall–Kier alpha value is -2.67. The second-order valence-electron chi connectivity index (χ2n) is 7.19. The third-order valence-corrected chi connectivity index (χ3v) is 5.56. The number of nitrogens with zero attached hydrogens (tertiary/aromatic N) is 4. The van der Waals surface area contributed by atoms with E-state index in [0.717, 1.165) is 22.5 Å². The quantitative estimate of drug-likeness (QED) is 0.621. The lowest BCUT2D eigenvalue weighted by molar-refractivity contribution is -0.115. The van der Waals surface area contributed by atoms with Crippen LogP contribution < -0.4 is 5.32 Å². The molecule has 0 bridgehead atoms. The Morgan fingerprint density at radius 1 is 1.07 bits per heavy atom. The zero-order valence-corrected chi connectivity index (χ0v) is 17.6. The first-order valence-corrected chi connectivity index (χ1v) is 10.2. The average Bonchev–Trinajstić information content (AvgIpc) is 3.12. The van der Waals surface area contributed by atoms with Gasteiger partial charge in [0.2, 0.25) is 11.1 Å². The number of rotatable bonds is 6. The molecule has 0 fully saturated rings. The molecule has 28 heavy (non-hydrogen) atoms. The summed E-state index contributed by atoms with van der Waals surface area (Å²) in [5.74, 6) is 0.376. The van der Waals surface area contributed by atoms with Crippen molar-refractivity contribution in [3.8, 4) is 5.69 Å². The number of aromatic nitrogens is 4. The van der Waals surface area contributed by atoms with Crippen LogP contribution in [0.3, 0.4) is 0 Å². The van der Waals surface area contributed by atoms with Gasteiger partial charge in [-0.15, -0.1) is 5.10 Å². The Labute approximate surface area is 169 Å². The number of carbonyl (C=O) groups is 1. The van der Waals surface area contributed by atoms with Crippen LogP contribution in [0.5, 0.6) is 0 Å². The van der Waals surface area contributed by atoms with Crippen molar-refractivity contribution in [1.29, 1.82) is 0 Å². The monoisotopic (exact) mass is 395 g/mol. The van der Waals surface area contributed by atoms with Gasteiger partial charge in [0.1, 0.15) is 0 Å². The van der Waals surface area contributed by atoms with Crippen LogP contribution in [-0.4, -0.2) is 31.4 Å². The number of aryl methyl sites for hydroxylation is 2. The summed E-state index contributed by atoms with van der Waals surface area (Å²) in [7, 11) is 0. The first-order valence-electron chi connectivity index (χ1n) is 9.28. The Balaban J connectivity index is 1.71. The molecule has 2 aromatic carbocycles. The first-order chi connectivity index (χ1) is 13.3. The van der Waals surface area contributed by atoms with Gasteiger partial charge in [-0.25, -0.2) is 0 Å². The van der Waals surface area contributed by atoms with Gasteiger partial charge in [-0.3, -0.25) is 4.79 Å². The molecule has 3 aromatic rings. The molecule has 0 unspecified atom stereocenters. The van der Waals surface area contributed by atoms with Gasteiger partial charge in [-0.2, -0.15) is 4.68 Å². The molecule has 0 aliphatic heterocycles. The minimum atomic E-state index is -0.348. The van der Waals surface area contributed by atoms with Gasteiger partial charge in [-0.1, -0.05) is 49.9 Å². The number of hydrogen-bond donors (Lipinski definition) is 1. The van der Waals surface area contributed by atoms with E-state index < -0.39 is 0 Å². The topological polar surface area (TPSA) is 72.7 Å². The fraction of sp³-hybridized carbons (Fsp3) is 0.333. The lowest BCUT2D eigenvalue weighted by Gasteiger charge is -2.13. The highest BCUT2D eigenvalue weighted by molar-refractivity contribution is 8.00. The molecule has 7 heteroatoms. The molecule has 0 spiro atoms. The summed E-state index contributed by atoms with van der Waals surface area (Å²) >= 11 is 1.34. The Bertz CT molecular complexity index is 965. The third-order valence-electron chi connectivity index (χ3n) is 4.53. The van der Waals surface area contributed by atoms with Gasteiger partial charge >= 0.3 is 0 Å². The van der Waals surface area contributed by atoms with Crippen molar-refractivity contribution in [1.82, 2.24) is 20.2 Å². The van der Waals surface area contributed by atoms with Gasteiger partial charge in [0.15, 0.2) is 0 Å². The summed E-state index contributed by atoms with van der Waals surface area (Å²) < 4.78 is 1.69. The summed E-state index contributed by atoms with van der Waals surface area (Å²) in [6.07, 6.45) is 0. The molecule has 6 nitrogen and oxygen atoms in total. The molecule has 1 atom stereocenters. The Morgan fingerprint density at radius 3 is 2.46 bits per heavy atom. The smallest absolute Gasteiger partial charge is 0.237 e. The van der Waals surface area contributed by atoms with E-state index in [0.29, 0.717) is 11.1 Å². The van der Waals surface area contributed by atoms with Crippen molar-refractivity contribution in [3.63, 3.8) is 0 Å². The Morgan fingerprint density at radius 2 is 1.79 bits per heavy atom. The van der Waals surface area contributed by atoms with Crippen molar-refractivity contribution >= 4 is 23.4 Å². The predicted octanol–water partition coefficient (Wildman–Crippen LogP) is 4.52. The molecule has 0 radical (unpaired) electrons. The highest BCUT2D eigenvalue weighted by Crippen LogP contribution is 2.26. The summed E-state index contributed by atoms with van der Waals surface area (Å²) in [4.78, 5) is 12.6. The van der Waals surface area contributed by atoms with Gasteiger partial charge in [0.25, 0.3) is 0 Å². The fourth-order valence-electron chi connectivity index (χ4n) is 2.76. The normalized spacial score (nSPS) is 12.2. The predicted molar refractivity (Wildman–Crippen MR) is 113 cm³/mol. The van der Waals surface area contributed by atoms with Gasteiger partial charge in [-0.05, 0) is 72.0 Å². The van der Waals surface area contributed by atoms with E-state index in [1.807, 2.05) is 57.2 Å². The number of carbonyl (C=O) groups excluding carboxylic acids is 1. The zero-order chi connectivity index (χ0) is 20.3. The van der Waals surface area contributed by atoms with Crippen LogP contribution in [0.4, 0.5) is 5.69 Å². The molecule has 1 heterocycles. The number of tetrazole rings is 1. The maximum Gasteiger partial charge on any atom is 0.237 e. The first kappa shape index (κ1) is 20.1. The molecule has 0 aliphatic carbocycles. The van der Waals surface area contributed by atoms with Crippen molar-refractivity contribution in [3.05, 3.63) is 59.2 Å². The van der Waals surface area contributed by atoms with E-state index in [4.69, 9.17) is 0 Å². The van der Waals surface area contributed by atoms with Crippen LogP contribution in [0.1, 0.15) is 43.4 Å². The van der Waals surface area contributed by atoms with Gasteiger partial charge < -0.3 is 5.32 Å². The van der Waals surface area contributed by atoms with Crippen LogP contribution in [0.15, 0.2) is 47.6 Å². The molecular weight excluding hydrogens is 370 g/mol. The van der Waals surface area contributed by atoms with E-state index in [1.165, 1.54) is 17.3 Å². The van der Waals surface area contributed by atoms with Crippen molar-refractivity contribution in [2.45, 2.75) is 50.9 Å². The van der Waals surface area contributed by atoms with E-state index in [9.17, 15) is 4.79 Å². The van der Waals surface area contributed by atoms with Crippen molar-refractivity contribution in [2.24, 2.45) is 0 Å². The molecular formula is C21H25N5OS. The van der Waals surface area contributed by atoms with Crippen LogP contribution >= 0.6 is 11.8 Å². The molecule has 0 saturated carbocycles. The van der Waals surface area contributed by atoms with Crippen LogP contribution in [0.2, 0.25) is 0 Å². The molecule has 1 aromatic heterocycles. The molecule has 146 valence electrons. The highest BCUT2D eigenvalue weighted by Gasteiger charge is 2.20. The van der Waals surface area contributed by atoms with E-state index in [2.05, 4.69) is 40.8 Å². The second kappa shape index (κ2) is 8.56. The minimum Gasteiger partial charge on any atom is -0.325 e. The lowest BCUT2D eigenvalue weighted by Crippen LogP contribution is -2.23. The maximum atomic E-state index is 12.6. The molecule has 1 amide bonds. The summed E-state index contributed by atoms with van der Waals surface area (Å²) in [6.45, 7) is 10.2. The van der Waals surface area contributed by atoms with E-state index in [-0.39, 0.29) is 11.2 Å². The van der Waals surface area contributed by atoms with Gasteiger partial charge in [0.05, 0.1) is 10.9 Å². The number of hydrogen-bond acceptors (Lipinski definition) is 5. The molecule has 1 N–H and O–H groups in total. The fourth-order valence-corrected chi connectivity index (χ4v) is 3.56. The standard InChI is InChI=1S/C21H25N5OS/c1-13(2)17-8-10-18(11-9-17)22-20(27)16(5)28-21-23-24-25-26(21)19-12-14(3)6-7-15(19)4/h6-13,16H,1-5H3,(H,22,27)/t16-/m0/s1. The molecule has 3 rings (SSSR count). The summed E-state index contributed by atoms with van der Waals surface area (Å²) in [5.41, 5.74) is 5.15.